The predicted molar refractivity (Wildman–Crippen MR) is 46.9 cm³/mol. The second-order valence-electron chi connectivity index (χ2n) is 3.74. The van der Waals surface area contributed by atoms with Crippen molar-refractivity contribution >= 4 is 5.90 Å². The summed E-state index contributed by atoms with van der Waals surface area (Å²) in [6.45, 7) is 9.37. The molecule has 64 valence electrons. The Morgan fingerprint density at radius 2 is 2.18 bits per heavy atom. The van der Waals surface area contributed by atoms with Crippen LogP contribution in [0.5, 0.6) is 0 Å². The number of rotatable bonds is 1. The van der Waals surface area contributed by atoms with Gasteiger partial charge in [-0.05, 0) is 12.8 Å². The highest BCUT2D eigenvalue weighted by atomic mass is 16.5. The van der Waals surface area contributed by atoms with E-state index in [1.54, 1.807) is 0 Å². The van der Waals surface area contributed by atoms with Crippen LogP contribution in [0.2, 0.25) is 0 Å². The first kappa shape index (κ1) is 8.57. The molecule has 1 aliphatic heterocycles. The molecule has 2 heteroatoms. The minimum atomic E-state index is 0.113. The summed E-state index contributed by atoms with van der Waals surface area (Å²) in [5, 5.41) is 0. The number of ether oxygens (including phenoxy) is 1. The maximum Gasteiger partial charge on any atom is 0.180 e. The van der Waals surface area contributed by atoms with Gasteiger partial charge in [0.15, 0.2) is 5.90 Å². The van der Waals surface area contributed by atoms with Gasteiger partial charge in [0, 0.05) is 13.3 Å². The monoisotopic (exact) mass is 155 g/mol. The van der Waals surface area contributed by atoms with Gasteiger partial charge in [-0.1, -0.05) is 13.8 Å². The molecule has 0 spiro atoms. The molecule has 0 aromatic carbocycles. The van der Waals surface area contributed by atoms with E-state index in [1.165, 1.54) is 0 Å². The van der Waals surface area contributed by atoms with Gasteiger partial charge in [0.25, 0.3) is 0 Å². The molecule has 1 atom stereocenters. The highest BCUT2D eigenvalue weighted by molar-refractivity contribution is 5.74. The summed E-state index contributed by atoms with van der Waals surface area (Å²) in [5.74, 6) is 1.44. The Morgan fingerprint density at radius 3 is 2.55 bits per heavy atom. The Kier molecular flexibility index (Phi) is 2.21. The third-order valence-corrected chi connectivity index (χ3v) is 2.58. The molecule has 0 aliphatic carbocycles. The first-order valence-corrected chi connectivity index (χ1v) is 4.24. The van der Waals surface area contributed by atoms with Crippen molar-refractivity contribution in [1.29, 1.82) is 0 Å². The number of nitrogens with zero attached hydrogens (tertiary/aromatic N) is 1. The Labute approximate surface area is 68.7 Å². The van der Waals surface area contributed by atoms with E-state index in [-0.39, 0.29) is 5.54 Å². The third kappa shape index (κ3) is 1.73. The van der Waals surface area contributed by atoms with Crippen molar-refractivity contribution in [2.24, 2.45) is 10.9 Å². The molecular formula is C9H17NO. The highest BCUT2D eigenvalue weighted by Gasteiger charge is 2.30. The van der Waals surface area contributed by atoms with Crippen LogP contribution in [0.4, 0.5) is 0 Å². The summed E-state index contributed by atoms with van der Waals surface area (Å²) >= 11 is 0. The van der Waals surface area contributed by atoms with Gasteiger partial charge in [0.2, 0.25) is 0 Å². The maximum absolute atomic E-state index is 5.27. The molecule has 0 saturated carbocycles. The first-order valence-electron chi connectivity index (χ1n) is 4.24. The van der Waals surface area contributed by atoms with Gasteiger partial charge in [-0.25, -0.2) is 4.99 Å². The van der Waals surface area contributed by atoms with E-state index in [9.17, 15) is 0 Å². The fourth-order valence-electron chi connectivity index (χ4n) is 1.27. The van der Waals surface area contributed by atoms with Crippen LogP contribution in [-0.4, -0.2) is 18.0 Å². The van der Waals surface area contributed by atoms with E-state index >= 15 is 0 Å². The van der Waals surface area contributed by atoms with E-state index in [2.05, 4.69) is 25.8 Å². The van der Waals surface area contributed by atoms with Crippen molar-refractivity contribution in [2.45, 2.75) is 39.7 Å². The average molecular weight is 155 g/mol. The van der Waals surface area contributed by atoms with E-state index < -0.39 is 0 Å². The molecule has 0 bridgehead atoms. The van der Waals surface area contributed by atoms with Gasteiger partial charge >= 0.3 is 0 Å². The smallest absolute Gasteiger partial charge is 0.180 e. The first-order chi connectivity index (χ1) is 5.04. The summed E-state index contributed by atoms with van der Waals surface area (Å²) in [7, 11) is 0. The minimum Gasteiger partial charge on any atom is -0.481 e. The van der Waals surface area contributed by atoms with Crippen LogP contribution in [0.15, 0.2) is 4.99 Å². The standard InChI is InChI=1S/C9H17NO/c1-7(2)9(4)5-6-11-8(3)10-9/h7H,5-6H2,1-4H3. The lowest BCUT2D eigenvalue weighted by molar-refractivity contribution is 0.187. The van der Waals surface area contributed by atoms with Crippen molar-refractivity contribution in [1.82, 2.24) is 0 Å². The zero-order valence-electron chi connectivity index (χ0n) is 7.85. The number of hydrogen-bond acceptors (Lipinski definition) is 2. The largest absolute Gasteiger partial charge is 0.481 e. The maximum atomic E-state index is 5.27. The number of aliphatic imine (C=N–C) groups is 1. The van der Waals surface area contributed by atoms with Crippen LogP contribution in [-0.2, 0) is 4.74 Å². The van der Waals surface area contributed by atoms with Gasteiger partial charge in [-0.2, -0.15) is 0 Å². The normalized spacial score (nSPS) is 31.5. The average Bonchev–Trinajstić information content (AvgIpc) is 1.86. The molecule has 1 aliphatic rings. The highest BCUT2D eigenvalue weighted by Crippen LogP contribution is 2.28. The molecule has 1 rings (SSSR count). The summed E-state index contributed by atoms with van der Waals surface area (Å²) in [6, 6.07) is 0. The zero-order valence-corrected chi connectivity index (χ0v) is 7.85. The molecule has 0 aromatic heterocycles. The number of hydrogen-bond donors (Lipinski definition) is 0. The fourth-order valence-corrected chi connectivity index (χ4v) is 1.27. The summed E-state index contributed by atoms with van der Waals surface area (Å²) in [6.07, 6.45) is 1.04. The zero-order chi connectivity index (χ0) is 8.48. The van der Waals surface area contributed by atoms with Crippen LogP contribution in [0.25, 0.3) is 0 Å². The Hall–Kier alpha value is -0.530. The van der Waals surface area contributed by atoms with Crippen LogP contribution in [0.1, 0.15) is 34.1 Å². The SMILES string of the molecule is CC1=NC(C)(C(C)C)CCO1. The molecule has 1 unspecified atom stereocenters. The van der Waals surface area contributed by atoms with Crippen LogP contribution in [0.3, 0.4) is 0 Å². The Morgan fingerprint density at radius 1 is 1.55 bits per heavy atom. The molecule has 11 heavy (non-hydrogen) atoms. The van der Waals surface area contributed by atoms with Gasteiger partial charge in [-0.15, -0.1) is 0 Å². The van der Waals surface area contributed by atoms with E-state index in [1.807, 2.05) is 6.92 Å². The minimum absolute atomic E-state index is 0.113. The Bertz CT molecular complexity index is 174. The van der Waals surface area contributed by atoms with Crippen molar-refractivity contribution in [3.63, 3.8) is 0 Å². The molecule has 1 heterocycles. The molecule has 0 saturated heterocycles. The fraction of sp³-hybridized carbons (Fsp3) is 0.889. The van der Waals surface area contributed by atoms with Crippen molar-refractivity contribution in [2.75, 3.05) is 6.61 Å². The molecule has 0 amide bonds. The van der Waals surface area contributed by atoms with Gasteiger partial charge in [0.05, 0.1) is 12.1 Å². The predicted octanol–water partition coefficient (Wildman–Crippen LogP) is 2.24. The van der Waals surface area contributed by atoms with E-state index in [0.29, 0.717) is 5.92 Å². The van der Waals surface area contributed by atoms with Gasteiger partial charge in [-0.3, -0.25) is 0 Å². The third-order valence-electron chi connectivity index (χ3n) is 2.58. The molecule has 2 nitrogen and oxygen atoms in total. The van der Waals surface area contributed by atoms with Crippen molar-refractivity contribution < 1.29 is 4.74 Å². The molecule has 0 N–H and O–H groups in total. The topological polar surface area (TPSA) is 21.6 Å². The molecule has 0 fully saturated rings. The van der Waals surface area contributed by atoms with Crippen molar-refractivity contribution in [3.8, 4) is 0 Å². The molecular weight excluding hydrogens is 138 g/mol. The van der Waals surface area contributed by atoms with Gasteiger partial charge in [0.1, 0.15) is 0 Å². The molecule has 0 radical (unpaired) electrons. The summed E-state index contributed by atoms with van der Waals surface area (Å²) in [4.78, 5) is 4.51. The van der Waals surface area contributed by atoms with Crippen LogP contribution in [0, 0.1) is 5.92 Å². The van der Waals surface area contributed by atoms with Crippen LogP contribution >= 0.6 is 0 Å². The van der Waals surface area contributed by atoms with Crippen molar-refractivity contribution in [3.05, 3.63) is 0 Å². The second kappa shape index (κ2) is 2.84. The lowest BCUT2D eigenvalue weighted by atomic mass is 9.86. The molecule has 0 aromatic rings. The van der Waals surface area contributed by atoms with Gasteiger partial charge < -0.3 is 4.74 Å². The lowest BCUT2D eigenvalue weighted by Gasteiger charge is -2.33. The van der Waals surface area contributed by atoms with Crippen LogP contribution < -0.4 is 0 Å². The van der Waals surface area contributed by atoms with E-state index in [0.717, 1.165) is 18.9 Å². The summed E-state index contributed by atoms with van der Waals surface area (Å²) in [5.41, 5.74) is 0.113. The Balaban J connectivity index is 2.78. The lowest BCUT2D eigenvalue weighted by Crippen LogP contribution is -2.35. The summed E-state index contributed by atoms with van der Waals surface area (Å²) < 4.78 is 5.27. The second-order valence-corrected chi connectivity index (χ2v) is 3.74. The van der Waals surface area contributed by atoms with E-state index in [4.69, 9.17) is 4.74 Å². The quantitative estimate of drug-likeness (QED) is 0.569.